The van der Waals surface area contributed by atoms with Gasteiger partial charge in [0.25, 0.3) is 5.91 Å². The number of methoxy groups -OCH3 is 1. The fourth-order valence-corrected chi connectivity index (χ4v) is 3.97. The maximum absolute atomic E-state index is 12.3. The van der Waals surface area contributed by atoms with Crippen molar-refractivity contribution in [2.24, 2.45) is 0 Å². The topological polar surface area (TPSA) is 93.6 Å². The maximum atomic E-state index is 12.3. The van der Waals surface area contributed by atoms with Gasteiger partial charge in [-0.15, -0.1) is 0 Å². The molecule has 114 valence electrons. The number of carbonyl (C=O) groups is 2. The summed E-state index contributed by atoms with van der Waals surface area (Å²) in [5.74, 6) is -0.991. The molecule has 7 nitrogen and oxygen atoms in total. The van der Waals surface area contributed by atoms with Crippen LogP contribution in [-0.4, -0.2) is 61.9 Å². The van der Waals surface area contributed by atoms with E-state index in [0.29, 0.717) is 6.42 Å². The van der Waals surface area contributed by atoms with Crippen molar-refractivity contribution in [3.63, 3.8) is 0 Å². The van der Waals surface area contributed by atoms with Gasteiger partial charge in [-0.3, -0.25) is 4.79 Å². The van der Waals surface area contributed by atoms with Crippen molar-refractivity contribution in [3.8, 4) is 0 Å². The lowest BCUT2D eigenvalue weighted by Gasteiger charge is -2.23. The first-order valence-electron chi connectivity index (χ1n) is 6.37. The number of rotatable bonds is 3. The van der Waals surface area contributed by atoms with Gasteiger partial charge in [0.1, 0.15) is 11.4 Å². The molecule has 1 aromatic heterocycles. The van der Waals surface area contributed by atoms with Crippen LogP contribution in [0.25, 0.3) is 0 Å². The van der Waals surface area contributed by atoms with E-state index in [9.17, 15) is 18.0 Å². The number of hydrogen-bond donors (Lipinski definition) is 0. The molecule has 2 heterocycles. The molecule has 0 N–H and O–H groups in total. The molecule has 0 aliphatic carbocycles. The van der Waals surface area contributed by atoms with Crippen LogP contribution in [0, 0.1) is 0 Å². The number of pyridine rings is 1. The minimum atomic E-state index is -3.07. The average molecular weight is 312 g/mol. The highest BCUT2D eigenvalue weighted by atomic mass is 32.2. The fourth-order valence-electron chi connectivity index (χ4n) is 2.20. The third kappa shape index (κ3) is 3.38. The predicted molar refractivity (Wildman–Crippen MR) is 74.7 cm³/mol. The normalized spacial score (nSPS) is 20.0. The molecule has 2 rings (SSSR count). The Morgan fingerprint density at radius 1 is 1.33 bits per heavy atom. The lowest BCUT2D eigenvalue weighted by molar-refractivity contribution is 0.0593. The van der Waals surface area contributed by atoms with Crippen LogP contribution in [0.15, 0.2) is 18.2 Å². The van der Waals surface area contributed by atoms with Gasteiger partial charge in [-0.05, 0) is 18.6 Å². The van der Waals surface area contributed by atoms with Gasteiger partial charge in [0, 0.05) is 13.1 Å². The Kier molecular flexibility index (Phi) is 4.26. The first-order valence-corrected chi connectivity index (χ1v) is 8.19. The van der Waals surface area contributed by atoms with Crippen molar-refractivity contribution in [2.45, 2.75) is 12.5 Å². The van der Waals surface area contributed by atoms with Crippen LogP contribution in [-0.2, 0) is 14.6 Å². The van der Waals surface area contributed by atoms with E-state index in [4.69, 9.17) is 0 Å². The van der Waals surface area contributed by atoms with E-state index in [1.807, 2.05) is 0 Å². The number of hydrogen-bond acceptors (Lipinski definition) is 6. The van der Waals surface area contributed by atoms with E-state index in [1.54, 1.807) is 7.05 Å². The second-order valence-electron chi connectivity index (χ2n) is 4.87. The molecule has 0 aromatic carbocycles. The summed E-state index contributed by atoms with van der Waals surface area (Å²) in [6.07, 6.45) is 0.418. The van der Waals surface area contributed by atoms with Crippen LogP contribution in [0.4, 0.5) is 0 Å². The fraction of sp³-hybridized carbons (Fsp3) is 0.462. The van der Waals surface area contributed by atoms with E-state index in [0.717, 1.165) is 0 Å². The van der Waals surface area contributed by atoms with E-state index in [2.05, 4.69) is 9.72 Å². The minimum Gasteiger partial charge on any atom is -0.464 e. The second kappa shape index (κ2) is 5.80. The Morgan fingerprint density at radius 2 is 2.00 bits per heavy atom. The number of aromatic nitrogens is 1. The number of ether oxygens (including phenoxy) is 1. The highest BCUT2D eigenvalue weighted by Gasteiger charge is 2.33. The number of nitrogens with zero attached hydrogens (tertiary/aromatic N) is 2. The molecule has 8 heteroatoms. The Balaban J connectivity index is 2.18. The summed E-state index contributed by atoms with van der Waals surface area (Å²) >= 11 is 0. The van der Waals surface area contributed by atoms with Gasteiger partial charge >= 0.3 is 5.97 Å². The van der Waals surface area contributed by atoms with Crippen LogP contribution in [0.2, 0.25) is 0 Å². The molecule has 1 saturated heterocycles. The van der Waals surface area contributed by atoms with E-state index < -0.39 is 21.7 Å². The summed E-state index contributed by atoms with van der Waals surface area (Å²) in [6, 6.07) is 4.11. The van der Waals surface area contributed by atoms with Crippen molar-refractivity contribution in [1.82, 2.24) is 9.88 Å². The van der Waals surface area contributed by atoms with Crippen LogP contribution < -0.4 is 0 Å². The first-order chi connectivity index (χ1) is 9.84. The molecule has 21 heavy (non-hydrogen) atoms. The van der Waals surface area contributed by atoms with Crippen molar-refractivity contribution in [2.75, 3.05) is 25.7 Å². The number of amides is 1. The van der Waals surface area contributed by atoms with Gasteiger partial charge in [0.15, 0.2) is 9.84 Å². The summed E-state index contributed by atoms with van der Waals surface area (Å²) in [6.45, 7) is 0. The Hall–Kier alpha value is -1.96. The molecule has 0 bridgehead atoms. The molecule has 0 saturated carbocycles. The molecule has 1 unspecified atom stereocenters. The highest BCUT2D eigenvalue weighted by Crippen LogP contribution is 2.18. The van der Waals surface area contributed by atoms with Crippen molar-refractivity contribution >= 4 is 21.7 Å². The van der Waals surface area contributed by atoms with Crippen molar-refractivity contribution in [3.05, 3.63) is 29.6 Å². The van der Waals surface area contributed by atoms with Gasteiger partial charge in [-0.25, -0.2) is 18.2 Å². The van der Waals surface area contributed by atoms with Crippen molar-refractivity contribution < 1.29 is 22.7 Å². The SMILES string of the molecule is COC(=O)c1cccc(C(=O)N(C)C2CCS(=O)(=O)C2)n1. The Labute approximate surface area is 122 Å². The standard InChI is InChI=1S/C13H16N2O5S/c1-15(9-6-7-21(18,19)8-9)12(16)10-4-3-5-11(14-10)13(17)20-2/h3-5,9H,6-8H2,1-2H3. The average Bonchev–Trinajstić information content (AvgIpc) is 2.85. The van der Waals surface area contributed by atoms with E-state index >= 15 is 0 Å². The summed E-state index contributed by atoms with van der Waals surface area (Å²) in [7, 11) is -0.298. The Morgan fingerprint density at radius 3 is 2.57 bits per heavy atom. The second-order valence-corrected chi connectivity index (χ2v) is 7.10. The first kappa shape index (κ1) is 15.4. The molecular formula is C13H16N2O5S. The van der Waals surface area contributed by atoms with Crippen LogP contribution in [0.3, 0.4) is 0 Å². The summed E-state index contributed by atoms with van der Waals surface area (Å²) < 4.78 is 27.5. The number of carbonyl (C=O) groups excluding carboxylic acids is 2. The Bertz CT molecular complexity index is 671. The maximum Gasteiger partial charge on any atom is 0.356 e. The highest BCUT2D eigenvalue weighted by molar-refractivity contribution is 7.91. The lowest BCUT2D eigenvalue weighted by atomic mass is 10.2. The molecule has 1 amide bonds. The van der Waals surface area contributed by atoms with E-state index in [1.165, 1.54) is 30.2 Å². The van der Waals surface area contributed by atoms with Gasteiger partial charge in [-0.1, -0.05) is 6.07 Å². The molecule has 0 spiro atoms. The zero-order valence-corrected chi connectivity index (χ0v) is 12.6. The zero-order valence-electron chi connectivity index (χ0n) is 11.8. The zero-order chi connectivity index (χ0) is 15.6. The lowest BCUT2D eigenvalue weighted by Crippen LogP contribution is -2.38. The minimum absolute atomic E-state index is 0.0358. The molecule has 1 aliphatic rings. The quantitative estimate of drug-likeness (QED) is 0.736. The van der Waals surface area contributed by atoms with Crippen LogP contribution >= 0.6 is 0 Å². The molecule has 1 aromatic rings. The third-order valence-corrected chi connectivity index (χ3v) is 5.19. The van der Waals surface area contributed by atoms with Crippen LogP contribution in [0.5, 0.6) is 0 Å². The van der Waals surface area contributed by atoms with Crippen LogP contribution in [0.1, 0.15) is 27.4 Å². The van der Waals surface area contributed by atoms with Gasteiger partial charge in [-0.2, -0.15) is 0 Å². The predicted octanol–water partition coefficient (Wildman–Crippen LogP) is 0.127. The molecular weight excluding hydrogens is 296 g/mol. The van der Waals surface area contributed by atoms with E-state index in [-0.39, 0.29) is 28.9 Å². The summed E-state index contributed by atoms with van der Waals surface area (Å²) in [5.41, 5.74) is 0.125. The van der Waals surface area contributed by atoms with Gasteiger partial charge in [0.05, 0.1) is 18.6 Å². The molecule has 0 radical (unpaired) electrons. The molecule has 1 atom stereocenters. The van der Waals surface area contributed by atoms with Gasteiger partial charge < -0.3 is 9.64 Å². The smallest absolute Gasteiger partial charge is 0.356 e. The third-order valence-electron chi connectivity index (χ3n) is 3.44. The number of esters is 1. The summed E-state index contributed by atoms with van der Waals surface area (Å²) in [4.78, 5) is 29.1. The number of sulfone groups is 1. The molecule has 1 fully saturated rings. The monoisotopic (exact) mass is 312 g/mol. The molecule has 1 aliphatic heterocycles. The van der Waals surface area contributed by atoms with Gasteiger partial charge in [0.2, 0.25) is 0 Å². The van der Waals surface area contributed by atoms with Crippen molar-refractivity contribution in [1.29, 1.82) is 0 Å². The largest absolute Gasteiger partial charge is 0.464 e. The summed E-state index contributed by atoms with van der Waals surface area (Å²) in [5, 5.41) is 0.